The van der Waals surface area contributed by atoms with Gasteiger partial charge in [-0.15, -0.1) is 0 Å². The van der Waals surface area contributed by atoms with Crippen LogP contribution >= 0.6 is 0 Å². The number of amides is 1. The van der Waals surface area contributed by atoms with Gasteiger partial charge in [0.2, 0.25) is 17.7 Å². The van der Waals surface area contributed by atoms with Gasteiger partial charge in [-0.25, -0.2) is 4.98 Å². The van der Waals surface area contributed by atoms with Crippen LogP contribution in [-0.4, -0.2) is 32.9 Å². The Morgan fingerprint density at radius 3 is 2.70 bits per heavy atom. The molecule has 4 N–H and O–H groups in total. The summed E-state index contributed by atoms with van der Waals surface area (Å²) in [7, 11) is 0. The first-order chi connectivity index (χ1) is 9.19. The number of hydrogen-bond donors (Lipinski definition) is 3. The molecule has 0 saturated carbocycles. The molecule has 0 bridgehead atoms. The van der Waals surface area contributed by atoms with E-state index in [9.17, 15) is 14.9 Å². The molecule has 0 radical (unpaired) electrons. The fraction of sp³-hybridized carbons (Fsp3) is 0.545. The molecular formula is C11H18N6O3. The summed E-state index contributed by atoms with van der Waals surface area (Å²) < 4.78 is 0. The van der Waals surface area contributed by atoms with Crippen molar-refractivity contribution in [2.45, 2.75) is 32.7 Å². The second-order valence-electron chi connectivity index (χ2n) is 5.19. The van der Waals surface area contributed by atoms with Crippen molar-refractivity contribution in [1.29, 1.82) is 0 Å². The van der Waals surface area contributed by atoms with Crippen molar-refractivity contribution in [3.8, 4) is 0 Å². The lowest BCUT2D eigenvalue weighted by molar-refractivity contribution is -0.384. The third-order valence-electron chi connectivity index (χ3n) is 2.14. The van der Waals surface area contributed by atoms with Gasteiger partial charge in [-0.05, 0) is 20.8 Å². The van der Waals surface area contributed by atoms with Crippen LogP contribution < -0.4 is 16.4 Å². The largest absolute Gasteiger partial charge is 0.368 e. The lowest BCUT2D eigenvalue weighted by Crippen LogP contribution is -2.41. The van der Waals surface area contributed by atoms with Crippen molar-refractivity contribution in [1.82, 2.24) is 15.3 Å². The minimum absolute atomic E-state index is 0.00561. The molecule has 110 valence electrons. The number of hydrogen-bond acceptors (Lipinski definition) is 7. The van der Waals surface area contributed by atoms with Crippen molar-refractivity contribution < 1.29 is 9.72 Å². The maximum atomic E-state index is 11.6. The molecule has 0 aliphatic carbocycles. The fourth-order valence-corrected chi connectivity index (χ4v) is 1.43. The Kier molecular flexibility index (Phi) is 4.78. The normalized spacial score (nSPS) is 10.9. The van der Waals surface area contributed by atoms with E-state index in [4.69, 9.17) is 5.73 Å². The van der Waals surface area contributed by atoms with Gasteiger partial charge in [0, 0.05) is 18.5 Å². The van der Waals surface area contributed by atoms with E-state index in [1.54, 1.807) is 0 Å². The van der Waals surface area contributed by atoms with E-state index in [-0.39, 0.29) is 41.9 Å². The average molecular weight is 282 g/mol. The van der Waals surface area contributed by atoms with Crippen LogP contribution in [0.15, 0.2) is 6.20 Å². The molecule has 9 heteroatoms. The van der Waals surface area contributed by atoms with Crippen LogP contribution in [-0.2, 0) is 4.79 Å². The summed E-state index contributed by atoms with van der Waals surface area (Å²) in [6, 6.07) is 0. The van der Waals surface area contributed by atoms with Crippen LogP contribution in [0, 0.1) is 10.1 Å². The molecule has 0 spiro atoms. The van der Waals surface area contributed by atoms with Crippen molar-refractivity contribution >= 4 is 23.4 Å². The number of nitrogens with zero attached hydrogens (tertiary/aromatic N) is 3. The molecular weight excluding hydrogens is 264 g/mol. The van der Waals surface area contributed by atoms with Gasteiger partial charge >= 0.3 is 5.69 Å². The molecule has 1 heterocycles. The summed E-state index contributed by atoms with van der Waals surface area (Å²) in [6.07, 6.45) is 1.19. The van der Waals surface area contributed by atoms with Gasteiger partial charge < -0.3 is 16.4 Å². The molecule has 0 unspecified atom stereocenters. The lowest BCUT2D eigenvalue weighted by Gasteiger charge is -2.20. The Balaban J connectivity index is 2.60. The highest BCUT2D eigenvalue weighted by Crippen LogP contribution is 2.20. The van der Waals surface area contributed by atoms with E-state index in [2.05, 4.69) is 20.6 Å². The number of nitrogen functional groups attached to an aromatic ring is 1. The topological polar surface area (TPSA) is 136 Å². The first kappa shape index (κ1) is 15.6. The van der Waals surface area contributed by atoms with Gasteiger partial charge in [0.05, 0.1) is 4.92 Å². The predicted octanol–water partition coefficient (Wildman–Crippen LogP) is 0.684. The summed E-state index contributed by atoms with van der Waals surface area (Å²) in [4.78, 5) is 29.1. The van der Waals surface area contributed by atoms with Gasteiger partial charge in [-0.3, -0.25) is 14.9 Å². The third kappa shape index (κ3) is 5.04. The molecule has 1 aromatic rings. The highest BCUT2D eigenvalue weighted by atomic mass is 16.6. The monoisotopic (exact) mass is 282 g/mol. The lowest BCUT2D eigenvalue weighted by atomic mass is 10.1. The van der Waals surface area contributed by atoms with Crippen molar-refractivity contribution in [3.63, 3.8) is 0 Å². The zero-order chi connectivity index (χ0) is 15.3. The SMILES string of the molecule is CC(C)(C)NC(=O)CCNc1nc(N)ncc1[N+](=O)[O-]. The smallest absolute Gasteiger partial charge is 0.329 e. The number of carbonyl (C=O) groups is 1. The summed E-state index contributed by atoms with van der Waals surface area (Å²) in [5.41, 5.74) is 4.78. The minimum Gasteiger partial charge on any atom is -0.368 e. The third-order valence-corrected chi connectivity index (χ3v) is 2.14. The van der Waals surface area contributed by atoms with E-state index < -0.39 is 4.92 Å². The first-order valence-electron chi connectivity index (χ1n) is 6.01. The first-order valence-corrected chi connectivity index (χ1v) is 6.01. The van der Waals surface area contributed by atoms with Crippen LogP contribution in [0.25, 0.3) is 0 Å². The number of anilines is 2. The number of carbonyl (C=O) groups excluding carboxylic acids is 1. The molecule has 20 heavy (non-hydrogen) atoms. The quantitative estimate of drug-likeness (QED) is 0.533. The molecule has 1 aromatic heterocycles. The average Bonchev–Trinajstić information content (AvgIpc) is 2.26. The minimum atomic E-state index is -0.614. The van der Waals surface area contributed by atoms with Crippen LogP contribution in [0.1, 0.15) is 27.2 Å². The molecule has 0 fully saturated rings. The Morgan fingerprint density at radius 1 is 1.50 bits per heavy atom. The standard InChI is InChI=1S/C11H18N6O3/c1-11(2,3)16-8(18)4-5-13-9-7(17(19)20)6-14-10(12)15-9/h6H,4-5H2,1-3H3,(H,16,18)(H3,12,13,14,15). The Labute approximate surface area is 116 Å². The number of rotatable bonds is 5. The van der Waals surface area contributed by atoms with Gasteiger partial charge in [0.15, 0.2) is 0 Å². The van der Waals surface area contributed by atoms with E-state index in [0.717, 1.165) is 6.20 Å². The number of nitro groups is 1. The molecule has 9 nitrogen and oxygen atoms in total. The molecule has 0 aliphatic heterocycles. The van der Waals surface area contributed by atoms with Gasteiger partial charge in [0.25, 0.3) is 0 Å². The second-order valence-corrected chi connectivity index (χ2v) is 5.19. The van der Waals surface area contributed by atoms with E-state index in [1.165, 1.54) is 0 Å². The highest BCUT2D eigenvalue weighted by Gasteiger charge is 2.17. The van der Waals surface area contributed by atoms with Gasteiger partial charge in [-0.1, -0.05) is 0 Å². The Morgan fingerprint density at radius 2 is 2.15 bits per heavy atom. The van der Waals surface area contributed by atoms with Crippen LogP contribution in [0.3, 0.4) is 0 Å². The Bertz CT molecular complexity index is 511. The molecule has 0 saturated heterocycles. The van der Waals surface area contributed by atoms with Gasteiger partial charge in [-0.2, -0.15) is 4.98 Å². The maximum absolute atomic E-state index is 11.6. The summed E-state index contributed by atoms with van der Waals surface area (Å²) >= 11 is 0. The second kappa shape index (κ2) is 6.13. The molecule has 1 amide bonds. The summed E-state index contributed by atoms with van der Waals surface area (Å²) in [6.45, 7) is 5.82. The molecule has 0 atom stereocenters. The van der Waals surface area contributed by atoms with Crippen molar-refractivity contribution in [2.24, 2.45) is 0 Å². The van der Waals surface area contributed by atoms with Crippen LogP contribution in [0.2, 0.25) is 0 Å². The zero-order valence-corrected chi connectivity index (χ0v) is 11.6. The maximum Gasteiger partial charge on any atom is 0.329 e. The fourth-order valence-electron chi connectivity index (χ4n) is 1.43. The number of nitrogens with one attached hydrogen (secondary N) is 2. The molecule has 1 rings (SSSR count). The number of aromatic nitrogens is 2. The summed E-state index contributed by atoms with van der Waals surface area (Å²) in [5.74, 6) is -0.224. The van der Waals surface area contributed by atoms with Crippen LogP contribution in [0.4, 0.5) is 17.5 Å². The highest BCUT2D eigenvalue weighted by molar-refractivity contribution is 5.77. The van der Waals surface area contributed by atoms with Gasteiger partial charge in [0.1, 0.15) is 6.20 Å². The number of nitrogens with two attached hydrogens (primary N) is 1. The molecule has 0 aromatic carbocycles. The summed E-state index contributed by atoms with van der Waals surface area (Å²) in [5, 5.41) is 16.3. The van der Waals surface area contributed by atoms with Crippen molar-refractivity contribution in [3.05, 3.63) is 16.3 Å². The molecule has 0 aliphatic rings. The van der Waals surface area contributed by atoms with Crippen LogP contribution in [0.5, 0.6) is 0 Å². The van der Waals surface area contributed by atoms with E-state index in [1.807, 2.05) is 20.8 Å². The van der Waals surface area contributed by atoms with E-state index in [0.29, 0.717) is 0 Å². The predicted molar refractivity (Wildman–Crippen MR) is 74.1 cm³/mol. The zero-order valence-electron chi connectivity index (χ0n) is 11.6. The van der Waals surface area contributed by atoms with Crippen molar-refractivity contribution in [2.75, 3.05) is 17.6 Å². The Hall–Kier alpha value is -2.45. The van der Waals surface area contributed by atoms with E-state index >= 15 is 0 Å².